The predicted octanol–water partition coefficient (Wildman–Crippen LogP) is 11.3. The fraction of sp³-hybridized carbons (Fsp3) is 0.698. The maximum Gasteiger partial charge on any atom is 0.472 e. The zero-order chi connectivity index (χ0) is 38.9. The van der Waals surface area contributed by atoms with E-state index in [-0.39, 0.29) is 38.9 Å². The van der Waals surface area contributed by atoms with E-state index in [1.807, 2.05) is 18.2 Å². The summed E-state index contributed by atoms with van der Waals surface area (Å²) in [4.78, 5) is 22.4. The lowest BCUT2D eigenvalue weighted by Crippen LogP contribution is -2.27. The van der Waals surface area contributed by atoms with Gasteiger partial charge < -0.3 is 25.2 Å². The van der Waals surface area contributed by atoms with Crippen molar-refractivity contribution < 1.29 is 37.9 Å². The van der Waals surface area contributed by atoms with Crippen LogP contribution < -0.4 is 5.73 Å². The van der Waals surface area contributed by atoms with Crippen LogP contribution in [0.5, 0.6) is 0 Å². The van der Waals surface area contributed by atoms with Crippen molar-refractivity contribution in [3.63, 3.8) is 0 Å². The van der Waals surface area contributed by atoms with E-state index in [0.29, 0.717) is 6.42 Å². The lowest BCUT2D eigenvalue weighted by Gasteiger charge is -2.19. The molecule has 0 aliphatic heterocycles. The van der Waals surface area contributed by atoms with Crippen molar-refractivity contribution in [1.82, 2.24) is 0 Å². The van der Waals surface area contributed by atoms with Crippen LogP contribution in [0.1, 0.15) is 155 Å². The van der Waals surface area contributed by atoms with Crippen molar-refractivity contribution in [2.24, 2.45) is 5.73 Å². The second kappa shape index (κ2) is 39.4. The number of esters is 1. The molecule has 0 fully saturated rings. The first-order valence-electron chi connectivity index (χ1n) is 20.6. The Morgan fingerprint density at radius 3 is 1.79 bits per heavy atom. The van der Waals surface area contributed by atoms with Crippen LogP contribution in [0, 0.1) is 0 Å². The molecule has 0 saturated heterocycles. The highest BCUT2D eigenvalue weighted by Gasteiger charge is 2.25. The minimum Gasteiger partial charge on any atom is -0.498 e. The lowest BCUT2D eigenvalue weighted by atomic mass is 10.1. The summed E-state index contributed by atoms with van der Waals surface area (Å²) in [7, 11) is -4.32. The maximum atomic E-state index is 12.5. The first-order valence-corrected chi connectivity index (χ1v) is 22.0. The summed E-state index contributed by atoms with van der Waals surface area (Å²) in [5.74, 6) is -0.425. The molecule has 0 radical (unpaired) electrons. The highest BCUT2D eigenvalue weighted by Crippen LogP contribution is 2.43. The van der Waals surface area contributed by atoms with Gasteiger partial charge in [0.15, 0.2) is 6.10 Å². The molecule has 0 aromatic rings. The van der Waals surface area contributed by atoms with Gasteiger partial charge in [-0.3, -0.25) is 13.8 Å². The Hall–Kier alpha value is -2.26. The van der Waals surface area contributed by atoms with E-state index >= 15 is 0 Å². The number of hydrogen-bond donors (Lipinski definition) is 3. The summed E-state index contributed by atoms with van der Waals surface area (Å²) >= 11 is 0. The van der Waals surface area contributed by atoms with E-state index in [9.17, 15) is 19.4 Å². The van der Waals surface area contributed by atoms with Crippen LogP contribution in [0.15, 0.2) is 73.1 Å². The van der Waals surface area contributed by atoms with Gasteiger partial charge in [-0.25, -0.2) is 4.57 Å². The second-order valence-electron chi connectivity index (χ2n) is 13.4. The Morgan fingerprint density at radius 1 is 0.660 bits per heavy atom. The molecule has 0 saturated carbocycles. The van der Waals surface area contributed by atoms with Gasteiger partial charge in [0.05, 0.1) is 25.6 Å². The van der Waals surface area contributed by atoms with Crippen LogP contribution in [-0.2, 0) is 27.9 Å². The summed E-state index contributed by atoms with van der Waals surface area (Å²) in [6.07, 6.45) is 46.5. The van der Waals surface area contributed by atoms with E-state index in [0.717, 1.165) is 70.6 Å². The zero-order valence-electron chi connectivity index (χ0n) is 33.3. The molecule has 306 valence electrons. The van der Waals surface area contributed by atoms with E-state index in [4.69, 9.17) is 24.3 Å². The number of phosphoric acid groups is 1. The van der Waals surface area contributed by atoms with Gasteiger partial charge in [0.2, 0.25) is 0 Å². The lowest BCUT2D eigenvalue weighted by molar-refractivity contribution is -0.153. The van der Waals surface area contributed by atoms with Gasteiger partial charge in [0.1, 0.15) is 6.61 Å². The van der Waals surface area contributed by atoms with Crippen molar-refractivity contribution in [3.05, 3.63) is 73.1 Å². The molecule has 2 unspecified atom stereocenters. The number of ether oxygens (including phenoxy) is 2. The molecule has 0 aliphatic rings. The fourth-order valence-corrected chi connectivity index (χ4v) is 5.96. The third kappa shape index (κ3) is 39.3. The molecule has 0 spiro atoms. The molecule has 0 heterocycles. The van der Waals surface area contributed by atoms with Gasteiger partial charge in [0.25, 0.3) is 0 Å². The molecule has 4 N–H and O–H groups in total. The Balaban J connectivity index is 4.27. The minimum absolute atomic E-state index is 0.00842. The topological polar surface area (TPSA) is 138 Å². The highest BCUT2D eigenvalue weighted by atomic mass is 31.2. The molecule has 0 bridgehead atoms. The molecule has 10 heteroatoms. The van der Waals surface area contributed by atoms with Gasteiger partial charge >= 0.3 is 13.8 Å². The molecule has 0 aliphatic carbocycles. The fourth-order valence-electron chi connectivity index (χ4n) is 5.20. The molecule has 0 amide bonds. The highest BCUT2D eigenvalue weighted by molar-refractivity contribution is 7.47. The number of rotatable bonds is 38. The van der Waals surface area contributed by atoms with Crippen molar-refractivity contribution in [1.29, 1.82) is 0 Å². The Labute approximate surface area is 323 Å². The Kier molecular flexibility index (Phi) is 37.8. The van der Waals surface area contributed by atoms with Gasteiger partial charge in [-0.05, 0) is 89.5 Å². The van der Waals surface area contributed by atoms with Crippen molar-refractivity contribution in [2.45, 2.75) is 167 Å². The summed E-state index contributed by atoms with van der Waals surface area (Å²) in [5.41, 5.74) is 5.35. The SMILES string of the molecule is CCCCCCCC/C=C\CCCCCC/C=C/OC[C@H](COP(=O)(O)OCCN)OC(=O)CCC/C=C\C/C=C\C/C=C\C/C=C\CC(O)CCC. The largest absolute Gasteiger partial charge is 0.498 e. The van der Waals surface area contributed by atoms with Crippen molar-refractivity contribution >= 4 is 13.8 Å². The summed E-state index contributed by atoms with van der Waals surface area (Å²) in [6.45, 7) is 3.93. The molecular weight excluding hydrogens is 689 g/mol. The molecule has 9 nitrogen and oxygen atoms in total. The monoisotopic (exact) mass is 766 g/mol. The van der Waals surface area contributed by atoms with Crippen LogP contribution in [0.3, 0.4) is 0 Å². The zero-order valence-corrected chi connectivity index (χ0v) is 34.2. The number of nitrogens with two attached hydrogens (primary N) is 1. The van der Waals surface area contributed by atoms with Gasteiger partial charge in [-0.15, -0.1) is 0 Å². The smallest absolute Gasteiger partial charge is 0.472 e. The summed E-state index contributed by atoms with van der Waals surface area (Å²) in [5, 5.41) is 9.72. The first-order chi connectivity index (χ1) is 25.8. The van der Waals surface area contributed by atoms with Crippen LogP contribution in [0.2, 0.25) is 0 Å². The van der Waals surface area contributed by atoms with E-state index in [2.05, 4.69) is 62.5 Å². The maximum absolute atomic E-state index is 12.5. The summed E-state index contributed by atoms with van der Waals surface area (Å²) in [6, 6.07) is 0. The first kappa shape index (κ1) is 50.7. The molecular formula is C43H76NO8P. The second-order valence-corrected chi connectivity index (χ2v) is 14.8. The molecule has 0 aromatic carbocycles. The number of phosphoric ester groups is 1. The minimum atomic E-state index is -4.32. The van der Waals surface area contributed by atoms with Crippen LogP contribution in [0.25, 0.3) is 0 Å². The number of hydrogen-bond acceptors (Lipinski definition) is 8. The molecule has 0 aromatic heterocycles. The molecule has 3 atom stereocenters. The summed E-state index contributed by atoms with van der Waals surface area (Å²) < 4.78 is 33.0. The van der Waals surface area contributed by atoms with Crippen molar-refractivity contribution in [2.75, 3.05) is 26.4 Å². The third-order valence-corrected chi connectivity index (χ3v) is 9.20. The quantitative estimate of drug-likeness (QED) is 0.0184. The molecule has 53 heavy (non-hydrogen) atoms. The number of allylic oxidation sites excluding steroid dienone is 10. The van der Waals surface area contributed by atoms with E-state index in [1.54, 1.807) is 6.26 Å². The number of aliphatic hydroxyl groups is 1. The predicted molar refractivity (Wildman–Crippen MR) is 220 cm³/mol. The number of unbranched alkanes of at least 4 members (excludes halogenated alkanes) is 12. The average Bonchev–Trinajstić information content (AvgIpc) is 3.14. The van der Waals surface area contributed by atoms with Crippen LogP contribution >= 0.6 is 7.82 Å². The van der Waals surface area contributed by atoms with Crippen LogP contribution in [-0.4, -0.2) is 54.5 Å². The van der Waals surface area contributed by atoms with Gasteiger partial charge in [-0.2, -0.15) is 0 Å². The van der Waals surface area contributed by atoms with Crippen LogP contribution in [0.4, 0.5) is 0 Å². The van der Waals surface area contributed by atoms with Gasteiger partial charge in [-0.1, -0.05) is 126 Å². The number of aliphatic hydroxyl groups excluding tert-OH is 1. The standard InChI is InChI=1S/C43H76NO8P/c1-3-5-6-7-8-9-10-11-12-13-17-20-23-26-29-32-37-49-39-42(40-51-53(47,48)50-38-36-44)52-43(46)35-31-28-25-22-19-16-14-15-18-21-24-27-30-34-41(45)33-4-2/h11-12,14,16,18,21-22,25,27,30,32,37,41-42,45H,3-10,13,15,17,19-20,23-24,26,28-29,31,33-36,38-40,44H2,1-2H3,(H,47,48)/b12-11-,16-14-,21-18-,25-22-,30-27-,37-32+/t41?,42-/m1/s1. The number of carbonyl (C=O) groups excluding carboxylic acids is 1. The Morgan fingerprint density at radius 2 is 1.19 bits per heavy atom. The average molecular weight is 766 g/mol. The van der Waals surface area contributed by atoms with Crippen molar-refractivity contribution in [3.8, 4) is 0 Å². The normalized spacial score (nSPS) is 14.8. The third-order valence-electron chi connectivity index (χ3n) is 8.22. The van der Waals surface area contributed by atoms with E-state index in [1.165, 1.54) is 57.8 Å². The van der Waals surface area contributed by atoms with E-state index < -0.39 is 19.9 Å². The number of carbonyl (C=O) groups is 1. The van der Waals surface area contributed by atoms with Gasteiger partial charge in [0, 0.05) is 13.0 Å². The Bertz CT molecular complexity index is 1050. The molecule has 0 rings (SSSR count).